The van der Waals surface area contributed by atoms with Gasteiger partial charge in [-0.2, -0.15) is 0 Å². The Kier molecular flexibility index (Phi) is 3.45. The van der Waals surface area contributed by atoms with Gasteiger partial charge in [0.1, 0.15) is 11.5 Å². The Bertz CT molecular complexity index is 458. The summed E-state index contributed by atoms with van der Waals surface area (Å²) in [5.41, 5.74) is 0.127. The molecule has 1 aromatic carbocycles. The molecule has 2 rings (SSSR count). The van der Waals surface area contributed by atoms with E-state index in [4.69, 9.17) is 0 Å². The fourth-order valence-electron chi connectivity index (χ4n) is 2.52. The third-order valence-electron chi connectivity index (χ3n) is 4.01. The number of aromatic hydroxyl groups is 2. The Labute approximate surface area is 107 Å². The first-order chi connectivity index (χ1) is 8.49. The van der Waals surface area contributed by atoms with Crippen molar-refractivity contribution in [2.24, 2.45) is 11.8 Å². The van der Waals surface area contributed by atoms with E-state index in [1.165, 1.54) is 18.2 Å². The van der Waals surface area contributed by atoms with E-state index in [9.17, 15) is 15.0 Å². The molecule has 0 heterocycles. The molecular formula is C14H19NO3. The third kappa shape index (κ3) is 2.42. The van der Waals surface area contributed by atoms with Gasteiger partial charge in [0.15, 0.2) is 0 Å². The molecule has 1 saturated carbocycles. The summed E-state index contributed by atoms with van der Waals surface area (Å²) in [5.74, 6) is 0.589. The van der Waals surface area contributed by atoms with Gasteiger partial charge in [0.25, 0.3) is 5.91 Å². The van der Waals surface area contributed by atoms with E-state index in [1.54, 1.807) is 0 Å². The molecule has 1 amide bonds. The number of hydrogen-bond acceptors (Lipinski definition) is 3. The second-order valence-corrected chi connectivity index (χ2v) is 5.20. The lowest BCUT2D eigenvalue weighted by Crippen LogP contribution is -2.37. The maximum Gasteiger partial charge on any atom is 0.255 e. The summed E-state index contributed by atoms with van der Waals surface area (Å²) >= 11 is 0. The molecule has 0 spiro atoms. The molecule has 4 nitrogen and oxygen atoms in total. The predicted molar refractivity (Wildman–Crippen MR) is 68.6 cm³/mol. The zero-order valence-corrected chi connectivity index (χ0v) is 10.7. The number of hydrogen-bond donors (Lipinski definition) is 3. The standard InChI is InChI=1S/C14H19NO3/c1-8-3-5-12(9(8)2)15-14(18)11-7-10(16)4-6-13(11)17/h4,6-9,12,16-17H,3,5H2,1-2H3,(H,15,18). The van der Waals surface area contributed by atoms with Crippen LogP contribution < -0.4 is 5.32 Å². The predicted octanol–water partition coefficient (Wildman–Crippen LogP) is 2.26. The van der Waals surface area contributed by atoms with Crippen molar-refractivity contribution in [2.75, 3.05) is 0 Å². The summed E-state index contributed by atoms with van der Waals surface area (Å²) in [6.07, 6.45) is 2.08. The van der Waals surface area contributed by atoms with E-state index in [0.29, 0.717) is 11.8 Å². The fraction of sp³-hybridized carbons (Fsp3) is 0.500. The van der Waals surface area contributed by atoms with Crippen molar-refractivity contribution in [3.63, 3.8) is 0 Å². The van der Waals surface area contributed by atoms with Gasteiger partial charge in [0.2, 0.25) is 0 Å². The van der Waals surface area contributed by atoms with Crippen LogP contribution in [0.25, 0.3) is 0 Å². The highest BCUT2D eigenvalue weighted by Gasteiger charge is 2.31. The zero-order chi connectivity index (χ0) is 13.3. The Morgan fingerprint density at radius 3 is 2.61 bits per heavy atom. The van der Waals surface area contributed by atoms with E-state index in [-0.39, 0.29) is 29.0 Å². The quantitative estimate of drug-likeness (QED) is 0.704. The van der Waals surface area contributed by atoms with Gasteiger partial charge in [-0.05, 0) is 42.9 Å². The van der Waals surface area contributed by atoms with Crippen molar-refractivity contribution < 1.29 is 15.0 Å². The van der Waals surface area contributed by atoms with Crippen LogP contribution in [0, 0.1) is 11.8 Å². The van der Waals surface area contributed by atoms with Crippen LogP contribution in [0.5, 0.6) is 11.5 Å². The Balaban J connectivity index is 2.10. The number of phenolic OH excluding ortho intramolecular Hbond substituents is 2. The first kappa shape index (κ1) is 12.7. The van der Waals surface area contributed by atoms with Gasteiger partial charge in [-0.15, -0.1) is 0 Å². The summed E-state index contributed by atoms with van der Waals surface area (Å²) in [5, 5.41) is 21.9. The second kappa shape index (κ2) is 4.88. The zero-order valence-electron chi connectivity index (χ0n) is 10.7. The van der Waals surface area contributed by atoms with Gasteiger partial charge >= 0.3 is 0 Å². The normalized spacial score (nSPS) is 27.1. The van der Waals surface area contributed by atoms with Crippen molar-refractivity contribution in [3.8, 4) is 11.5 Å². The second-order valence-electron chi connectivity index (χ2n) is 5.20. The van der Waals surface area contributed by atoms with Crippen LogP contribution in [-0.2, 0) is 0 Å². The summed E-state index contributed by atoms with van der Waals surface area (Å²) in [7, 11) is 0. The Hall–Kier alpha value is -1.71. The molecule has 1 fully saturated rings. The smallest absolute Gasteiger partial charge is 0.255 e. The highest BCUT2D eigenvalue weighted by Crippen LogP contribution is 2.31. The minimum absolute atomic E-state index is 0.0224. The molecule has 3 N–H and O–H groups in total. The molecular weight excluding hydrogens is 230 g/mol. The van der Waals surface area contributed by atoms with Crippen LogP contribution in [0.2, 0.25) is 0 Å². The third-order valence-corrected chi connectivity index (χ3v) is 4.01. The number of phenols is 2. The lowest BCUT2D eigenvalue weighted by molar-refractivity contribution is 0.0924. The molecule has 0 bridgehead atoms. The van der Waals surface area contributed by atoms with Gasteiger partial charge in [-0.3, -0.25) is 4.79 Å². The molecule has 0 aromatic heterocycles. The van der Waals surface area contributed by atoms with E-state index in [1.807, 2.05) is 0 Å². The number of carbonyl (C=O) groups is 1. The Morgan fingerprint density at radius 2 is 2.00 bits per heavy atom. The topological polar surface area (TPSA) is 69.6 Å². The SMILES string of the molecule is CC1CCC(NC(=O)c2cc(O)ccc2O)C1C. The summed E-state index contributed by atoms with van der Waals surface area (Å²) in [6, 6.07) is 4.11. The highest BCUT2D eigenvalue weighted by atomic mass is 16.3. The lowest BCUT2D eigenvalue weighted by Gasteiger charge is -2.20. The molecule has 1 aromatic rings. The highest BCUT2D eigenvalue weighted by molar-refractivity contribution is 5.97. The van der Waals surface area contributed by atoms with Crippen LogP contribution >= 0.6 is 0 Å². The van der Waals surface area contributed by atoms with E-state index in [2.05, 4.69) is 19.2 Å². The number of nitrogens with one attached hydrogen (secondary N) is 1. The largest absolute Gasteiger partial charge is 0.508 e. The first-order valence-corrected chi connectivity index (χ1v) is 6.32. The minimum atomic E-state index is -0.325. The van der Waals surface area contributed by atoms with Crippen molar-refractivity contribution in [1.82, 2.24) is 5.32 Å². The monoisotopic (exact) mass is 249 g/mol. The molecule has 0 aliphatic heterocycles. The van der Waals surface area contributed by atoms with Gasteiger partial charge < -0.3 is 15.5 Å². The molecule has 1 aliphatic carbocycles. The van der Waals surface area contributed by atoms with Crippen LogP contribution in [0.4, 0.5) is 0 Å². The first-order valence-electron chi connectivity index (χ1n) is 6.32. The van der Waals surface area contributed by atoms with Crippen LogP contribution in [0.15, 0.2) is 18.2 Å². The number of rotatable bonds is 2. The number of carbonyl (C=O) groups excluding carboxylic acids is 1. The molecule has 1 aliphatic rings. The number of amides is 1. The summed E-state index contributed by atoms with van der Waals surface area (Å²) in [6.45, 7) is 4.31. The average Bonchev–Trinajstić information content (AvgIpc) is 2.64. The molecule has 3 atom stereocenters. The molecule has 0 saturated heterocycles. The van der Waals surface area contributed by atoms with Crippen molar-refractivity contribution in [1.29, 1.82) is 0 Å². The molecule has 0 radical (unpaired) electrons. The minimum Gasteiger partial charge on any atom is -0.508 e. The van der Waals surface area contributed by atoms with Gasteiger partial charge in [0.05, 0.1) is 5.56 Å². The van der Waals surface area contributed by atoms with E-state index in [0.717, 1.165) is 12.8 Å². The summed E-state index contributed by atoms with van der Waals surface area (Å²) < 4.78 is 0. The van der Waals surface area contributed by atoms with E-state index >= 15 is 0 Å². The molecule has 3 unspecified atom stereocenters. The Morgan fingerprint density at radius 1 is 1.28 bits per heavy atom. The lowest BCUT2D eigenvalue weighted by atomic mass is 9.97. The van der Waals surface area contributed by atoms with Gasteiger partial charge in [-0.1, -0.05) is 13.8 Å². The maximum absolute atomic E-state index is 12.0. The fourth-order valence-corrected chi connectivity index (χ4v) is 2.52. The van der Waals surface area contributed by atoms with Crippen LogP contribution in [0.3, 0.4) is 0 Å². The van der Waals surface area contributed by atoms with Crippen molar-refractivity contribution >= 4 is 5.91 Å². The number of benzene rings is 1. The van der Waals surface area contributed by atoms with Crippen molar-refractivity contribution in [3.05, 3.63) is 23.8 Å². The van der Waals surface area contributed by atoms with Crippen LogP contribution in [0.1, 0.15) is 37.0 Å². The maximum atomic E-state index is 12.0. The summed E-state index contributed by atoms with van der Waals surface area (Å²) in [4.78, 5) is 12.0. The van der Waals surface area contributed by atoms with Crippen molar-refractivity contribution in [2.45, 2.75) is 32.7 Å². The van der Waals surface area contributed by atoms with Gasteiger partial charge in [-0.25, -0.2) is 0 Å². The van der Waals surface area contributed by atoms with Crippen LogP contribution in [-0.4, -0.2) is 22.2 Å². The van der Waals surface area contributed by atoms with E-state index < -0.39 is 0 Å². The molecule has 4 heteroatoms. The van der Waals surface area contributed by atoms with Gasteiger partial charge in [0, 0.05) is 6.04 Å². The molecule has 18 heavy (non-hydrogen) atoms. The molecule has 98 valence electrons. The average molecular weight is 249 g/mol.